The first kappa shape index (κ1) is 12.1. The maximum Gasteiger partial charge on any atom is 0.226 e. The van der Waals surface area contributed by atoms with Crippen LogP contribution in [0.15, 0.2) is 9.05 Å². The van der Waals surface area contributed by atoms with Gasteiger partial charge in [0.15, 0.2) is 11.6 Å². The third kappa shape index (κ3) is 2.23. The van der Waals surface area contributed by atoms with Gasteiger partial charge in [-0.1, -0.05) is 16.7 Å². The maximum atomic E-state index is 5.37. The minimum absolute atomic E-state index is 0.470. The molecule has 0 unspecified atom stereocenters. The van der Waals surface area contributed by atoms with Crippen molar-refractivity contribution in [3.05, 3.63) is 23.4 Å². The van der Waals surface area contributed by atoms with Gasteiger partial charge in [-0.05, 0) is 37.0 Å². The molecule has 0 aliphatic heterocycles. The van der Waals surface area contributed by atoms with Crippen LogP contribution in [0.2, 0.25) is 0 Å². The Kier molecular flexibility index (Phi) is 2.82. The Hall–Kier alpha value is -1.72. The first-order valence-corrected chi connectivity index (χ1v) is 7.37. The molecular formula is C14H18N4O2. The molecule has 0 aromatic carbocycles. The molecule has 2 saturated carbocycles. The van der Waals surface area contributed by atoms with Gasteiger partial charge < -0.3 is 9.05 Å². The highest BCUT2D eigenvalue weighted by atomic mass is 16.5. The van der Waals surface area contributed by atoms with Gasteiger partial charge in [0.25, 0.3) is 0 Å². The second-order valence-corrected chi connectivity index (χ2v) is 6.15. The largest absolute Gasteiger partial charge is 0.340 e. The molecule has 6 heteroatoms. The van der Waals surface area contributed by atoms with Crippen molar-refractivity contribution in [3.63, 3.8) is 0 Å². The van der Waals surface area contributed by atoms with Crippen molar-refractivity contribution in [3.8, 4) is 0 Å². The maximum absolute atomic E-state index is 5.37. The zero-order valence-electron chi connectivity index (χ0n) is 11.6. The Morgan fingerprint density at radius 2 is 1.90 bits per heavy atom. The molecule has 0 N–H and O–H groups in total. The molecule has 0 radical (unpaired) electrons. The van der Waals surface area contributed by atoms with E-state index in [0.29, 0.717) is 24.0 Å². The van der Waals surface area contributed by atoms with Crippen LogP contribution in [0.4, 0.5) is 0 Å². The summed E-state index contributed by atoms with van der Waals surface area (Å²) < 4.78 is 10.3. The highest BCUT2D eigenvalue weighted by molar-refractivity contribution is 5.00. The third-order valence-corrected chi connectivity index (χ3v) is 4.72. The number of aryl methyl sites for hydroxylation is 1. The van der Waals surface area contributed by atoms with E-state index in [1.54, 1.807) is 6.92 Å². The molecule has 2 bridgehead atoms. The topological polar surface area (TPSA) is 77.8 Å². The van der Waals surface area contributed by atoms with Crippen molar-refractivity contribution in [1.29, 1.82) is 0 Å². The van der Waals surface area contributed by atoms with Gasteiger partial charge in [-0.15, -0.1) is 0 Å². The number of hydrogen-bond acceptors (Lipinski definition) is 6. The Morgan fingerprint density at radius 1 is 1.05 bits per heavy atom. The summed E-state index contributed by atoms with van der Waals surface area (Å²) >= 11 is 0. The lowest BCUT2D eigenvalue weighted by Gasteiger charge is -2.19. The van der Waals surface area contributed by atoms with E-state index in [9.17, 15) is 0 Å². The number of nitrogens with zero attached hydrogens (tertiary/aromatic N) is 4. The monoisotopic (exact) mass is 274 g/mol. The summed E-state index contributed by atoms with van der Waals surface area (Å²) in [5.74, 6) is 5.15. The fourth-order valence-corrected chi connectivity index (χ4v) is 3.85. The van der Waals surface area contributed by atoms with Gasteiger partial charge in [0.1, 0.15) is 0 Å². The molecule has 2 aromatic heterocycles. The number of fused-ring (bicyclic) bond motifs is 2. The molecule has 20 heavy (non-hydrogen) atoms. The molecule has 106 valence electrons. The summed E-state index contributed by atoms with van der Waals surface area (Å²) in [5, 5.41) is 7.86. The molecule has 2 aromatic rings. The average Bonchev–Trinajstić information content (AvgIpc) is 3.16. The second kappa shape index (κ2) is 4.68. The first-order chi connectivity index (χ1) is 9.76. The third-order valence-electron chi connectivity index (χ3n) is 4.72. The number of hydrogen-bond donors (Lipinski definition) is 0. The fourth-order valence-electron chi connectivity index (χ4n) is 3.85. The Morgan fingerprint density at radius 3 is 2.60 bits per heavy atom. The zero-order chi connectivity index (χ0) is 13.5. The van der Waals surface area contributed by atoms with Crippen molar-refractivity contribution < 1.29 is 9.05 Å². The number of rotatable bonds is 4. The molecule has 0 saturated heterocycles. The molecular weight excluding hydrogens is 256 g/mol. The summed E-state index contributed by atoms with van der Waals surface area (Å²) in [6.07, 6.45) is 6.96. The summed E-state index contributed by atoms with van der Waals surface area (Å²) in [5.41, 5.74) is 0. The van der Waals surface area contributed by atoms with E-state index in [-0.39, 0.29) is 0 Å². The van der Waals surface area contributed by atoms with Crippen molar-refractivity contribution >= 4 is 0 Å². The molecule has 2 fully saturated rings. The van der Waals surface area contributed by atoms with Crippen LogP contribution >= 0.6 is 0 Å². The fraction of sp³-hybridized carbons (Fsp3) is 0.714. The van der Waals surface area contributed by atoms with E-state index in [2.05, 4.69) is 20.3 Å². The first-order valence-electron chi connectivity index (χ1n) is 7.37. The quantitative estimate of drug-likeness (QED) is 0.851. The van der Waals surface area contributed by atoms with E-state index < -0.39 is 0 Å². The van der Waals surface area contributed by atoms with Gasteiger partial charge in [0, 0.05) is 13.3 Å². The minimum Gasteiger partial charge on any atom is -0.340 e. The van der Waals surface area contributed by atoms with Crippen molar-refractivity contribution in [1.82, 2.24) is 20.3 Å². The zero-order valence-corrected chi connectivity index (χ0v) is 11.6. The van der Waals surface area contributed by atoms with Crippen molar-refractivity contribution in [2.75, 3.05) is 0 Å². The van der Waals surface area contributed by atoms with Crippen molar-refractivity contribution in [2.45, 2.75) is 45.4 Å². The summed E-state index contributed by atoms with van der Waals surface area (Å²) in [7, 11) is 0. The van der Waals surface area contributed by atoms with Gasteiger partial charge in [0.2, 0.25) is 11.8 Å². The van der Waals surface area contributed by atoms with E-state index in [1.165, 1.54) is 25.7 Å². The van der Waals surface area contributed by atoms with Crippen LogP contribution in [0.25, 0.3) is 0 Å². The van der Waals surface area contributed by atoms with Crippen LogP contribution in [0.5, 0.6) is 0 Å². The standard InChI is InChI=1S/C14H18N4O2/c1-8-15-12(17-19-8)7-13-16-14(20-18-13)6-11-5-9-2-3-10(11)4-9/h9-11H,2-7H2,1H3/t9-,10-,11+/m0/s1. The molecule has 2 aliphatic carbocycles. The SMILES string of the molecule is Cc1nc(Cc2noc(C[C@H]3C[C@H]4CC[C@H]3C4)n2)no1. The summed E-state index contributed by atoms with van der Waals surface area (Å²) in [6.45, 7) is 1.77. The molecule has 0 amide bonds. The lowest BCUT2D eigenvalue weighted by molar-refractivity contribution is 0.287. The average molecular weight is 274 g/mol. The van der Waals surface area contributed by atoms with Crippen LogP contribution in [-0.4, -0.2) is 20.3 Å². The van der Waals surface area contributed by atoms with Crippen LogP contribution in [-0.2, 0) is 12.8 Å². The van der Waals surface area contributed by atoms with Gasteiger partial charge >= 0.3 is 0 Å². The van der Waals surface area contributed by atoms with Crippen LogP contribution in [0, 0.1) is 24.7 Å². The van der Waals surface area contributed by atoms with Gasteiger partial charge in [-0.25, -0.2) is 0 Å². The highest BCUT2D eigenvalue weighted by Crippen LogP contribution is 2.49. The normalized spacial score (nSPS) is 28.4. The predicted molar refractivity (Wildman–Crippen MR) is 68.8 cm³/mol. The minimum atomic E-state index is 0.470. The summed E-state index contributed by atoms with van der Waals surface area (Å²) in [4.78, 5) is 8.61. The predicted octanol–water partition coefficient (Wildman–Crippen LogP) is 2.33. The van der Waals surface area contributed by atoms with Crippen LogP contribution in [0.1, 0.15) is 49.1 Å². The lowest BCUT2D eigenvalue weighted by Crippen LogP contribution is -2.13. The molecule has 2 heterocycles. The molecule has 4 rings (SSSR count). The molecule has 0 spiro atoms. The van der Waals surface area contributed by atoms with Crippen LogP contribution < -0.4 is 0 Å². The molecule has 6 nitrogen and oxygen atoms in total. The van der Waals surface area contributed by atoms with E-state index in [1.807, 2.05) is 0 Å². The lowest BCUT2D eigenvalue weighted by atomic mass is 9.86. The summed E-state index contributed by atoms with van der Waals surface area (Å²) in [6, 6.07) is 0. The highest BCUT2D eigenvalue weighted by Gasteiger charge is 2.40. The second-order valence-electron chi connectivity index (χ2n) is 6.15. The Labute approximate surface area is 116 Å². The number of aromatic nitrogens is 4. The van der Waals surface area contributed by atoms with Gasteiger partial charge in [0.05, 0.1) is 6.42 Å². The van der Waals surface area contributed by atoms with Crippen LogP contribution in [0.3, 0.4) is 0 Å². The van der Waals surface area contributed by atoms with Gasteiger partial charge in [-0.3, -0.25) is 0 Å². The van der Waals surface area contributed by atoms with Gasteiger partial charge in [-0.2, -0.15) is 9.97 Å². The molecule has 3 atom stereocenters. The Bertz CT molecular complexity index is 606. The Balaban J connectivity index is 1.40. The van der Waals surface area contributed by atoms with Crippen molar-refractivity contribution in [2.24, 2.45) is 17.8 Å². The molecule has 2 aliphatic rings. The van der Waals surface area contributed by atoms with E-state index in [4.69, 9.17) is 9.05 Å². The van der Waals surface area contributed by atoms with E-state index in [0.717, 1.165) is 30.1 Å². The smallest absolute Gasteiger partial charge is 0.226 e. The van der Waals surface area contributed by atoms with E-state index >= 15 is 0 Å².